The van der Waals surface area contributed by atoms with Crippen LogP contribution < -0.4 is 5.32 Å². The predicted octanol–water partition coefficient (Wildman–Crippen LogP) is 5.87. The summed E-state index contributed by atoms with van der Waals surface area (Å²) in [4.78, 5) is 27.7. The summed E-state index contributed by atoms with van der Waals surface area (Å²) in [5, 5.41) is 7.67. The lowest BCUT2D eigenvalue weighted by atomic mass is 10.1. The van der Waals surface area contributed by atoms with E-state index in [1.54, 1.807) is 10.7 Å². The average Bonchev–Trinajstić information content (AvgIpc) is 3.30. The van der Waals surface area contributed by atoms with Gasteiger partial charge in [-0.1, -0.05) is 67.4 Å². The van der Waals surface area contributed by atoms with Crippen LogP contribution in [0, 0.1) is 12.7 Å². The Kier molecular flexibility index (Phi) is 7.90. The first kappa shape index (κ1) is 24.9. The summed E-state index contributed by atoms with van der Waals surface area (Å²) in [6.07, 6.45) is 1.59. The van der Waals surface area contributed by atoms with Gasteiger partial charge >= 0.3 is 0 Å². The quantitative estimate of drug-likeness (QED) is 0.323. The molecule has 0 unspecified atom stereocenters. The van der Waals surface area contributed by atoms with Gasteiger partial charge in [0.25, 0.3) is 5.91 Å². The number of amides is 2. The van der Waals surface area contributed by atoms with Crippen molar-refractivity contribution >= 4 is 17.6 Å². The highest BCUT2D eigenvalue weighted by atomic mass is 19.1. The molecule has 7 heteroatoms. The highest BCUT2D eigenvalue weighted by molar-refractivity contribution is 5.99. The van der Waals surface area contributed by atoms with Gasteiger partial charge in [0.15, 0.2) is 0 Å². The van der Waals surface area contributed by atoms with Gasteiger partial charge in [0.1, 0.15) is 18.2 Å². The van der Waals surface area contributed by atoms with E-state index in [0.717, 1.165) is 29.7 Å². The summed E-state index contributed by atoms with van der Waals surface area (Å²) in [5.74, 6) is -0.730. The number of nitrogens with zero attached hydrogens (tertiary/aromatic N) is 3. The predicted molar refractivity (Wildman–Crippen MR) is 140 cm³/mol. The van der Waals surface area contributed by atoms with E-state index in [0.29, 0.717) is 18.1 Å². The van der Waals surface area contributed by atoms with Crippen molar-refractivity contribution in [3.63, 3.8) is 0 Å². The molecule has 0 saturated heterocycles. The summed E-state index contributed by atoms with van der Waals surface area (Å²) in [7, 11) is 0. The summed E-state index contributed by atoms with van der Waals surface area (Å²) in [5.41, 5.74) is 3.77. The van der Waals surface area contributed by atoms with Crippen LogP contribution in [0.5, 0.6) is 0 Å². The lowest BCUT2D eigenvalue weighted by molar-refractivity contribution is -0.116. The summed E-state index contributed by atoms with van der Waals surface area (Å²) in [6, 6.07) is 24.9. The van der Waals surface area contributed by atoms with Crippen LogP contribution in [-0.4, -0.2) is 39.6 Å². The molecule has 6 nitrogen and oxygen atoms in total. The number of aromatic nitrogens is 2. The minimum absolute atomic E-state index is 0.158. The van der Waals surface area contributed by atoms with Gasteiger partial charge in [0.05, 0.1) is 11.4 Å². The third kappa shape index (κ3) is 6.05. The molecule has 0 bridgehead atoms. The van der Waals surface area contributed by atoms with Crippen LogP contribution >= 0.6 is 0 Å². The van der Waals surface area contributed by atoms with Gasteiger partial charge in [0, 0.05) is 23.7 Å². The third-order valence-corrected chi connectivity index (χ3v) is 5.80. The van der Waals surface area contributed by atoms with Crippen LogP contribution in [-0.2, 0) is 4.79 Å². The summed E-state index contributed by atoms with van der Waals surface area (Å²) >= 11 is 0. The van der Waals surface area contributed by atoms with E-state index < -0.39 is 5.82 Å². The second-order valence-electron chi connectivity index (χ2n) is 8.67. The maximum atomic E-state index is 13.7. The normalized spacial score (nSPS) is 10.8. The van der Waals surface area contributed by atoms with Gasteiger partial charge in [-0.05, 0) is 43.7 Å². The number of unbranched alkanes of at least 4 members (excludes halogenated alkanes) is 1. The number of hydrogen-bond donors (Lipinski definition) is 1. The molecule has 3 aromatic carbocycles. The molecule has 0 radical (unpaired) electrons. The minimum Gasteiger partial charge on any atom is -0.329 e. The van der Waals surface area contributed by atoms with Gasteiger partial charge in [-0.25, -0.2) is 9.07 Å². The number of carbonyl (C=O) groups excluding carboxylic acids is 2. The Morgan fingerprint density at radius 2 is 1.72 bits per heavy atom. The first-order valence-corrected chi connectivity index (χ1v) is 12.0. The first-order valence-electron chi connectivity index (χ1n) is 12.0. The smallest absolute Gasteiger partial charge is 0.254 e. The van der Waals surface area contributed by atoms with Crippen molar-refractivity contribution in [2.24, 2.45) is 0 Å². The van der Waals surface area contributed by atoms with Crippen LogP contribution in [0.1, 0.15) is 35.7 Å². The van der Waals surface area contributed by atoms with E-state index in [-0.39, 0.29) is 23.9 Å². The molecule has 184 valence electrons. The second kappa shape index (κ2) is 11.4. The van der Waals surface area contributed by atoms with E-state index in [1.807, 2.05) is 74.5 Å². The molecule has 0 atom stereocenters. The van der Waals surface area contributed by atoms with Crippen molar-refractivity contribution in [2.45, 2.75) is 26.7 Å². The maximum Gasteiger partial charge on any atom is 0.254 e. The van der Waals surface area contributed by atoms with Crippen molar-refractivity contribution in [2.75, 3.05) is 18.4 Å². The van der Waals surface area contributed by atoms with Crippen molar-refractivity contribution in [1.82, 2.24) is 14.7 Å². The van der Waals surface area contributed by atoms with Crippen LogP contribution in [0.3, 0.4) is 0 Å². The molecule has 2 amide bonds. The van der Waals surface area contributed by atoms with E-state index in [1.165, 1.54) is 23.1 Å². The van der Waals surface area contributed by atoms with Gasteiger partial charge in [-0.2, -0.15) is 5.10 Å². The zero-order valence-corrected chi connectivity index (χ0v) is 20.4. The molecule has 4 aromatic rings. The Bertz CT molecular complexity index is 1330. The van der Waals surface area contributed by atoms with Crippen molar-refractivity contribution in [3.8, 4) is 16.9 Å². The number of benzene rings is 3. The lowest BCUT2D eigenvalue weighted by Gasteiger charge is -2.22. The molecule has 1 N–H and O–H groups in total. The lowest BCUT2D eigenvalue weighted by Crippen LogP contribution is -2.39. The zero-order chi connectivity index (χ0) is 25.5. The Labute approximate surface area is 210 Å². The second-order valence-corrected chi connectivity index (χ2v) is 8.67. The molecule has 0 aliphatic carbocycles. The number of aryl methyl sites for hydroxylation is 1. The molecule has 0 spiro atoms. The Morgan fingerprint density at radius 1 is 0.972 bits per heavy atom. The molecule has 1 aromatic heterocycles. The van der Waals surface area contributed by atoms with Crippen molar-refractivity contribution in [1.29, 1.82) is 0 Å². The third-order valence-electron chi connectivity index (χ3n) is 5.80. The fraction of sp³-hybridized carbons (Fsp3) is 0.207. The number of carbonyl (C=O) groups is 2. The highest BCUT2D eigenvalue weighted by Crippen LogP contribution is 2.25. The van der Waals surface area contributed by atoms with E-state index in [9.17, 15) is 14.0 Å². The number of rotatable bonds is 9. The SMILES string of the molecule is CCCCN(CC(=O)Nc1cc(-c2ccccc2)nn1-c1ccc(C)cc1)C(=O)c1cccc(F)c1. The van der Waals surface area contributed by atoms with Crippen LogP contribution in [0.2, 0.25) is 0 Å². The zero-order valence-electron chi connectivity index (χ0n) is 20.4. The fourth-order valence-electron chi connectivity index (χ4n) is 3.86. The molecule has 1 heterocycles. The summed E-state index contributed by atoms with van der Waals surface area (Å²) < 4.78 is 15.4. The van der Waals surface area contributed by atoms with Crippen LogP contribution in [0.25, 0.3) is 16.9 Å². The molecule has 0 saturated carbocycles. The number of nitrogens with one attached hydrogen (secondary N) is 1. The molecule has 0 aliphatic rings. The monoisotopic (exact) mass is 484 g/mol. The van der Waals surface area contributed by atoms with Gasteiger partial charge in [-0.15, -0.1) is 0 Å². The van der Waals surface area contributed by atoms with Crippen LogP contribution in [0.4, 0.5) is 10.2 Å². The minimum atomic E-state index is -0.490. The van der Waals surface area contributed by atoms with Gasteiger partial charge in [0.2, 0.25) is 5.91 Å². The first-order chi connectivity index (χ1) is 17.4. The molecule has 0 fully saturated rings. The standard InChI is InChI=1S/C29H29FN4O2/c1-3-4-17-33(29(36)23-11-8-12-24(30)18-23)20-28(35)31-27-19-26(22-9-6-5-7-10-22)32-34(27)25-15-13-21(2)14-16-25/h5-16,18-19H,3-4,17,20H2,1-2H3,(H,31,35). The average molecular weight is 485 g/mol. The number of halogens is 1. The molecule has 4 rings (SSSR count). The number of hydrogen-bond acceptors (Lipinski definition) is 3. The van der Waals surface area contributed by atoms with Gasteiger partial charge in [-0.3, -0.25) is 9.59 Å². The molecule has 0 aliphatic heterocycles. The molecular formula is C29H29FN4O2. The van der Waals surface area contributed by atoms with Crippen molar-refractivity contribution < 1.29 is 14.0 Å². The van der Waals surface area contributed by atoms with Crippen LogP contribution in [0.15, 0.2) is 84.9 Å². The Morgan fingerprint density at radius 3 is 2.42 bits per heavy atom. The van der Waals surface area contributed by atoms with E-state index >= 15 is 0 Å². The largest absolute Gasteiger partial charge is 0.329 e. The van der Waals surface area contributed by atoms with Gasteiger partial charge < -0.3 is 10.2 Å². The Hall–Kier alpha value is -4.26. The summed E-state index contributed by atoms with van der Waals surface area (Å²) in [6.45, 7) is 4.25. The molecule has 36 heavy (non-hydrogen) atoms. The topological polar surface area (TPSA) is 67.2 Å². The van der Waals surface area contributed by atoms with Crippen molar-refractivity contribution in [3.05, 3.63) is 102 Å². The fourth-order valence-corrected chi connectivity index (χ4v) is 3.86. The Balaban J connectivity index is 1.60. The highest BCUT2D eigenvalue weighted by Gasteiger charge is 2.21. The number of anilines is 1. The van der Waals surface area contributed by atoms with E-state index in [4.69, 9.17) is 5.10 Å². The maximum absolute atomic E-state index is 13.7. The molecular weight excluding hydrogens is 455 g/mol. The van der Waals surface area contributed by atoms with E-state index in [2.05, 4.69) is 5.32 Å².